The Morgan fingerprint density at radius 3 is 2.12 bits per heavy atom. The van der Waals surface area contributed by atoms with Crippen LogP contribution in [0.1, 0.15) is 64.9 Å². The minimum Gasteiger partial charge on any atom is -0.480 e. The lowest BCUT2D eigenvalue weighted by molar-refractivity contribution is -0.139. The molecule has 0 saturated heterocycles. The third-order valence-electron chi connectivity index (χ3n) is 4.45. The minimum atomic E-state index is -1.34. The Balaban J connectivity index is 3.23. The van der Waals surface area contributed by atoms with E-state index in [0.29, 0.717) is 12.0 Å². The standard InChI is InChI=1S/C22H31NO9/c1-5-10-29-22(28)30-13(4)11-15(20(23)21(26)27)14-8-9-16(31-18(24)6-2)17(12-14)32-19(25)7-3/h8-9,12-13,15,20H,5-7,10-11,23H2,1-4H3,(H,26,27)/t13?,15?,20-/m0/s1. The van der Waals surface area contributed by atoms with E-state index in [1.54, 1.807) is 20.8 Å². The Kier molecular flexibility index (Phi) is 11.2. The van der Waals surface area contributed by atoms with Gasteiger partial charge in [0.05, 0.1) is 6.61 Å². The average Bonchev–Trinajstić information content (AvgIpc) is 2.76. The summed E-state index contributed by atoms with van der Waals surface area (Å²) in [6.45, 7) is 6.84. The lowest BCUT2D eigenvalue weighted by Crippen LogP contribution is -2.38. The van der Waals surface area contributed by atoms with Crippen LogP contribution in [-0.4, -0.2) is 47.9 Å². The largest absolute Gasteiger partial charge is 0.508 e. The van der Waals surface area contributed by atoms with Gasteiger partial charge in [0, 0.05) is 18.8 Å². The van der Waals surface area contributed by atoms with Gasteiger partial charge >= 0.3 is 24.1 Å². The summed E-state index contributed by atoms with van der Waals surface area (Å²) >= 11 is 0. The highest BCUT2D eigenvalue weighted by Crippen LogP contribution is 2.35. The molecule has 178 valence electrons. The zero-order valence-corrected chi connectivity index (χ0v) is 18.8. The fourth-order valence-corrected chi connectivity index (χ4v) is 2.76. The van der Waals surface area contributed by atoms with Gasteiger partial charge in [0.25, 0.3) is 0 Å². The van der Waals surface area contributed by atoms with E-state index in [-0.39, 0.29) is 37.4 Å². The van der Waals surface area contributed by atoms with Gasteiger partial charge in [-0.15, -0.1) is 0 Å². The molecule has 32 heavy (non-hydrogen) atoms. The van der Waals surface area contributed by atoms with E-state index in [2.05, 4.69) is 0 Å². The van der Waals surface area contributed by atoms with Gasteiger partial charge in [-0.2, -0.15) is 0 Å². The quantitative estimate of drug-likeness (QED) is 0.356. The molecule has 0 aliphatic heterocycles. The normalized spacial score (nSPS) is 13.4. The first-order valence-corrected chi connectivity index (χ1v) is 10.5. The molecule has 10 heteroatoms. The van der Waals surface area contributed by atoms with E-state index in [1.807, 2.05) is 6.92 Å². The Morgan fingerprint density at radius 1 is 1.00 bits per heavy atom. The van der Waals surface area contributed by atoms with Crippen molar-refractivity contribution in [3.05, 3.63) is 23.8 Å². The van der Waals surface area contributed by atoms with E-state index in [9.17, 15) is 24.3 Å². The average molecular weight is 453 g/mol. The zero-order chi connectivity index (χ0) is 24.3. The van der Waals surface area contributed by atoms with Gasteiger partial charge < -0.3 is 29.8 Å². The molecule has 0 amide bonds. The van der Waals surface area contributed by atoms with Gasteiger partial charge in [0.15, 0.2) is 11.5 Å². The van der Waals surface area contributed by atoms with Gasteiger partial charge in [-0.3, -0.25) is 14.4 Å². The molecule has 10 nitrogen and oxygen atoms in total. The summed E-state index contributed by atoms with van der Waals surface area (Å²) in [4.78, 5) is 46.9. The van der Waals surface area contributed by atoms with Crippen LogP contribution in [0.4, 0.5) is 4.79 Å². The van der Waals surface area contributed by atoms with Crippen molar-refractivity contribution in [2.24, 2.45) is 5.73 Å². The maximum absolute atomic E-state index is 11.8. The maximum atomic E-state index is 11.8. The van der Waals surface area contributed by atoms with Gasteiger partial charge in [-0.1, -0.05) is 26.8 Å². The van der Waals surface area contributed by atoms with Crippen LogP contribution in [0, 0.1) is 0 Å². The van der Waals surface area contributed by atoms with Crippen molar-refractivity contribution in [3.8, 4) is 11.5 Å². The number of rotatable bonds is 12. The molecule has 0 aliphatic rings. The molecule has 0 saturated carbocycles. The highest BCUT2D eigenvalue weighted by molar-refractivity contribution is 5.77. The number of carboxylic acids is 1. The predicted octanol–water partition coefficient (Wildman–Crippen LogP) is 3.15. The van der Waals surface area contributed by atoms with E-state index in [4.69, 9.17) is 24.7 Å². The summed E-state index contributed by atoms with van der Waals surface area (Å²) in [7, 11) is 0. The van der Waals surface area contributed by atoms with E-state index >= 15 is 0 Å². The summed E-state index contributed by atoms with van der Waals surface area (Å²) in [6, 6.07) is 2.99. The first-order valence-electron chi connectivity index (χ1n) is 10.5. The molecule has 1 aromatic rings. The number of carbonyl (C=O) groups excluding carboxylic acids is 3. The van der Waals surface area contributed by atoms with Gasteiger partial charge in [-0.05, 0) is 37.5 Å². The summed E-state index contributed by atoms with van der Waals surface area (Å²) < 4.78 is 20.5. The van der Waals surface area contributed by atoms with E-state index in [1.165, 1.54) is 18.2 Å². The number of esters is 2. The summed E-state index contributed by atoms with van der Waals surface area (Å²) in [5, 5.41) is 9.47. The zero-order valence-electron chi connectivity index (χ0n) is 18.8. The number of carbonyl (C=O) groups is 4. The highest BCUT2D eigenvalue weighted by Gasteiger charge is 2.30. The molecule has 0 bridgehead atoms. The second kappa shape index (κ2) is 13.3. The van der Waals surface area contributed by atoms with Crippen LogP contribution in [0.2, 0.25) is 0 Å². The molecule has 2 unspecified atom stereocenters. The molecule has 0 spiro atoms. The third-order valence-corrected chi connectivity index (χ3v) is 4.45. The van der Waals surface area contributed by atoms with E-state index < -0.39 is 42.1 Å². The number of nitrogens with two attached hydrogens (primary N) is 1. The molecular formula is C22H31NO9. The van der Waals surface area contributed by atoms with Crippen molar-refractivity contribution in [2.45, 2.75) is 71.4 Å². The number of hydrogen-bond acceptors (Lipinski definition) is 9. The predicted molar refractivity (Wildman–Crippen MR) is 113 cm³/mol. The molecule has 0 aliphatic carbocycles. The SMILES string of the molecule is CCCOC(=O)OC(C)CC(c1ccc(OC(=O)CC)c(OC(=O)CC)c1)[C@H](N)C(=O)O. The first kappa shape index (κ1) is 26.9. The lowest BCUT2D eigenvalue weighted by atomic mass is 9.87. The Bertz CT molecular complexity index is 809. The lowest BCUT2D eigenvalue weighted by Gasteiger charge is -2.25. The molecular weight excluding hydrogens is 422 g/mol. The maximum Gasteiger partial charge on any atom is 0.508 e. The number of carboxylic acid groups (broad SMARTS) is 1. The summed E-state index contributed by atoms with van der Waals surface area (Å²) in [6.07, 6.45) is -0.698. The van der Waals surface area contributed by atoms with Gasteiger partial charge in [0.2, 0.25) is 0 Å². The first-order chi connectivity index (χ1) is 15.1. The molecule has 0 aromatic heterocycles. The number of ether oxygens (including phenoxy) is 4. The van der Waals surface area contributed by atoms with Crippen LogP contribution in [0.25, 0.3) is 0 Å². The Labute approximate surface area is 187 Å². The summed E-state index contributed by atoms with van der Waals surface area (Å²) in [5.74, 6) is -3.17. The smallest absolute Gasteiger partial charge is 0.480 e. The third kappa shape index (κ3) is 8.54. The highest BCUT2D eigenvalue weighted by atomic mass is 16.7. The minimum absolute atomic E-state index is 0.0255. The Hall–Kier alpha value is -3.14. The summed E-state index contributed by atoms with van der Waals surface area (Å²) in [5.41, 5.74) is 6.32. The molecule has 3 N–H and O–H groups in total. The second-order valence-corrected chi connectivity index (χ2v) is 7.09. The van der Waals surface area contributed by atoms with Crippen LogP contribution in [-0.2, 0) is 23.9 Å². The fourth-order valence-electron chi connectivity index (χ4n) is 2.76. The van der Waals surface area contributed by atoms with Crippen LogP contribution >= 0.6 is 0 Å². The molecule has 1 rings (SSSR count). The number of benzene rings is 1. The van der Waals surface area contributed by atoms with Crippen LogP contribution in [0.15, 0.2) is 18.2 Å². The topological polar surface area (TPSA) is 151 Å². The molecule has 3 atom stereocenters. The van der Waals surface area contributed by atoms with E-state index in [0.717, 1.165) is 0 Å². The van der Waals surface area contributed by atoms with Crippen molar-refractivity contribution >= 4 is 24.1 Å². The monoisotopic (exact) mass is 453 g/mol. The number of hydrogen-bond donors (Lipinski definition) is 2. The molecule has 0 fully saturated rings. The molecule has 1 aromatic carbocycles. The van der Waals surface area contributed by atoms with Crippen molar-refractivity contribution in [2.75, 3.05) is 6.61 Å². The van der Waals surface area contributed by atoms with Crippen LogP contribution in [0.3, 0.4) is 0 Å². The van der Waals surface area contributed by atoms with Crippen molar-refractivity contribution < 1.29 is 43.2 Å². The van der Waals surface area contributed by atoms with Gasteiger partial charge in [-0.25, -0.2) is 4.79 Å². The van der Waals surface area contributed by atoms with Crippen molar-refractivity contribution in [1.29, 1.82) is 0 Å². The molecule has 0 radical (unpaired) electrons. The van der Waals surface area contributed by atoms with Crippen LogP contribution < -0.4 is 15.2 Å². The number of aliphatic carboxylic acids is 1. The van der Waals surface area contributed by atoms with Crippen molar-refractivity contribution in [3.63, 3.8) is 0 Å². The molecule has 0 heterocycles. The fraction of sp³-hybridized carbons (Fsp3) is 0.545. The van der Waals surface area contributed by atoms with Crippen molar-refractivity contribution in [1.82, 2.24) is 0 Å². The second-order valence-electron chi connectivity index (χ2n) is 7.09. The Morgan fingerprint density at radius 2 is 1.59 bits per heavy atom. The van der Waals surface area contributed by atoms with Crippen LogP contribution in [0.5, 0.6) is 11.5 Å². The van der Waals surface area contributed by atoms with Gasteiger partial charge in [0.1, 0.15) is 12.1 Å².